The van der Waals surface area contributed by atoms with Gasteiger partial charge in [0.25, 0.3) is 0 Å². The van der Waals surface area contributed by atoms with E-state index in [1.807, 2.05) is 0 Å². The summed E-state index contributed by atoms with van der Waals surface area (Å²) in [5, 5.41) is 0.0682. The molecule has 0 bridgehead atoms. The minimum absolute atomic E-state index is 0.0341. The van der Waals surface area contributed by atoms with Crippen molar-refractivity contribution in [2.45, 2.75) is 9.79 Å². The lowest BCUT2D eigenvalue weighted by Crippen LogP contribution is -2.03. The van der Waals surface area contributed by atoms with Crippen LogP contribution in [-0.4, -0.2) is 8.42 Å². The minimum atomic E-state index is -3.85. The van der Waals surface area contributed by atoms with Gasteiger partial charge in [-0.2, -0.15) is 0 Å². The molecule has 0 aliphatic heterocycles. The highest BCUT2D eigenvalue weighted by Gasteiger charge is 2.23. The zero-order chi connectivity index (χ0) is 13.3. The highest BCUT2D eigenvalue weighted by atomic mass is 35.5. The van der Waals surface area contributed by atoms with Crippen molar-refractivity contribution in [2.75, 3.05) is 0 Å². The van der Waals surface area contributed by atoms with Crippen LogP contribution in [0.25, 0.3) is 0 Å². The maximum Gasteiger partial charge on any atom is 0.209 e. The van der Waals surface area contributed by atoms with Gasteiger partial charge in [0.2, 0.25) is 9.84 Å². The number of hydrogen-bond acceptors (Lipinski definition) is 2. The molecule has 0 saturated carbocycles. The lowest BCUT2D eigenvalue weighted by molar-refractivity contribution is 0.595. The van der Waals surface area contributed by atoms with Gasteiger partial charge in [-0.15, -0.1) is 0 Å². The van der Waals surface area contributed by atoms with E-state index in [4.69, 9.17) is 23.2 Å². The van der Waals surface area contributed by atoms with Crippen LogP contribution in [0.2, 0.25) is 10.0 Å². The van der Waals surface area contributed by atoms with Gasteiger partial charge in [0.15, 0.2) is 0 Å². The quantitative estimate of drug-likeness (QED) is 0.787. The Morgan fingerprint density at radius 1 is 0.889 bits per heavy atom. The van der Waals surface area contributed by atoms with E-state index in [1.165, 1.54) is 24.3 Å². The van der Waals surface area contributed by atoms with Gasteiger partial charge < -0.3 is 0 Å². The second kappa shape index (κ2) is 4.88. The Kier molecular flexibility index (Phi) is 3.61. The first-order valence-electron chi connectivity index (χ1n) is 4.87. The molecule has 0 aromatic heterocycles. The largest absolute Gasteiger partial charge is 0.218 e. The van der Waals surface area contributed by atoms with Crippen molar-refractivity contribution in [3.8, 4) is 0 Å². The van der Waals surface area contributed by atoms with Gasteiger partial charge in [0, 0.05) is 0 Å². The zero-order valence-corrected chi connectivity index (χ0v) is 11.2. The number of halogens is 3. The second-order valence-electron chi connectivity index (χ2n) is 3.51. The molecule has 0 saturated heterocycles. The molecule has 0 radical (unpaired) electrons. The van der Waals surface area contributed by atoms with Crippen molar-refractivity contribution >= 4 is 33.0 Å². The minimum Gasteiger partial charge on any atom is -0.218 e. The van der Waals surface area contributed by atoms with Gasteiger partial charge in [-0.3, -0.25) is 0 Å². The molecule has 2 aromatic carbocycles. The summed E-state index contributed by atoms with van der Waals surface area (Å²) in [5.74, 6) is -0.515. The maximum atomic E-state index is 12.8. The van der Waals surface area contributed by atoms with E-state index in [2.05, 4.69) is 0 Å². The molecule has 0 aliphatic carbocycles. The fourth-order valence-electron chi connectivity index (χ4n) is 1.47. The van der Waals surface area contributed by atoms with E-state index in [0.717, 1.165) is 12.1 Å². The van der Waals surface area contributed by atoms with E-state index >= 15 is 0 Å². The standard InChI is InChI=1S/C12H7Cl2FO2S/c13-10-2-1-3-11(14)12(10)18(16,17)9-6-4-8(15)5-7-9/h1-7H. The average molecular weight is 305 g/mol. The summed E-state index contributed by atoms with van der Waals surface area (Å²) in [5.41, 5.74) is 0. The summed E-state index contributed by atoms with van der Waals surface area (Å²) in [6, 6.07) is 8.89. The Morgan fingerprint density at radius 2 is 1.39 bits per heavy atom. The van der Waals surface area contributed by atoms with Crippen molar-refractivity contribution in [2.24, 2.45) is 0 Å². The third kappa shape index (κ3) is 2.36. The first kappa shape index (κ1) is 13.3. The molecule has 0 amide bonds. The summed E-state index contributed by atoms with van der Waals surface area (Å²) in [7, 11) is -3.85. The normalized spacial score (nSPS) is 11.5. The third-order valence-corrected chi connectivity index (χ3v) is 5.04. The average Bonchev–Trinajstić information content (AvgIpc) is 2.29. The molecule has 0 N–H and O–H groups in total. The number of sulfone groups is 1. The van der Waals surface area contributed by atoms with Gasteiger partial charge in [0.1, 0.15) is 10.7 Å². The first-order chi connectivity index (χ1) is 8.43. The number of hydrogen-bond donors (Lipinski definition) is 0. The van der Waals surface area contributed by atoms with Crippen LogP contribution in [0.3, 0.4) is 0 Å². The fourth-order valence-corrected chi connectivity index (χ4v) is 3.86. The molecule has 2 rings (SSSR count). The molecule has 0 fully saturated rings. The Morgan fingerprint density at radius 3 is 1.89 bits per heavy atom. The lowest BCUT2D eigenvalue weighted by atomic mass is 10.3. The fraction of sp³-hybridized carbons (Fsp3) is 0. The van der Waals surface area contributed by atoms with Crippen molar-refractivity contribution in [1.82, 2.24) is 0 Å². The number of benzene rings is 2. The van der Waals surface area contributed by atoms with Crippen molar-refractivity contribution in [1.29, 1.82) is 0 Å². The smallest absolute Gasteiger partial charge is 0.209 e. The van der Waals surface area contributed by atoms with Crippen LogP contribution in [0.1, 0.15) is 0 Å². The molecular formula is C12H7Cl2FO2S. The Balaban J connectivity index is 2.66. The molecule has 18 heavy (non-hydrogen) atoms. The van der Waals surface area contributed by atoms with E-state index in [1.54, 1.807) is 6.07 Å². The van der Waals surface area contributed by atoms with Crippen LogP contribution >= 0.6 is 23.2 Å². The van der Waals surface area contributed by atoms with Gasteiger partial charge in [-0.05, 0) is 36.4 Å². The summed E-state index contributed by atoms with van der Waals surface area (Å²) in [6.45, 7) is 0. The molecule has 0 heterocycles. The molecule has 2 aromatic rings. The molecular weight excluding hydrogens is 298 g/mol. The molecule has 0 atom stereocenters. The molecule has 0 aliphatic rings. The van der Waals surface area contributed by atoms with Crippen LogP contribution in [0.15, 0.2) is 52.3 Å². The monoisotopic (exact) mass is 304 g/mol. The summed E-state index contributed by atoms with van der Waals surface area (Å²) in [6.07, 6.45) is 0. The van der Waals surface area contributed by atoms with Crippen LogP contribution in [0, 0.1) is 5.82 Å². The van der Waals surface area contributed by atoms with Crippen molar-refractivity contribution < 1.29 is 12.8 Å². The van der Waals surface area contributed by atoms with E-state index < -0.39 is 15.7 Å². The van der Waals surface area contributed by atoms with Crippen molar-refractivity contribution in [3.05, 3.63) is 58.3 Å². The molecule has 94 valence electrons. The molecule has 2 nitrogen and oxygen atoms in total. The predicted octanol–water partition coefficient (Wildman–Crippen LogP) is 3.97. The summed E-state index contributed by atoms with van der Waals surface area (Å²) < 4.78 is 37.4. The summed E-state index contributed by atoms with van der Waals surface area (Å²) in [4.78, 5) is -0.223. The topological polar surface area (TPSA) is 34.1 Å². The van der Waals surface area contributed by atoms with Crippen LogP contribution in [0.4, 0.5) is 4.39 Å². The second-order valence-corrected chi connectivity index (χ2v) is 6.21. The van der Waals surface area contributed by atoms with E-state index in [-0.39, 0.29) is 19.8 Å². The van der Waals surface area contributed by atoms with Crippen molar-refractivity contribution in [3.63, 3.8) is 0 Å². The molecule has 0 unspecified atom stereocenters. The van der Waals surface area contributed by atoms with Crippen LogP contribution < -0.4 is 0 Å². The SMILES string of the molecule is O=S(=O)(c1ccc(F)cc1)c1c(Cl)cccc1Cl. The highest BCUT2D eigenvalue weighted by Crippen LogP contribution is 2.33. The van der Waals surface area contributed by atoms with Gasteiger partial charge in [0.05, 0.1) is 14.9 Å². The lowest BCUT2D eigenvalue weighted by Gasteiger charge is -2.08. The van der Waals surface area contributed by atoms with Gasteiger partial charge in [-0.1, -0.05) is 29.3 Å². The Labute approximate surface area is 114 Å². The maximum absolute atomic E-state index is 12.8. The van der Waals surface area contributed by atoms with Crippen LogP contribution in [-0.2, 0) is 9.84 Å². The van der Waals surface area contributed by atoms with E-state index in [0.29, 0.717) is 0 Å². The Bertz CT molecular complexity index is 661. The number of rotatable bonds is 2. The molecule has 0 spiro atoms. The Hall–Kier alpha value is -1.10. The zero-order valence-electron chi connectivity index (χ0n) is 8.90. The highest BCUT2D eigenvalue weighted by molar-refractivity contribution is 7.91. The van der Waals surface area contributed by atoms with Crippen LogP contribution in [0.5, 0.6) is 0 Å². The van der Waals surface area contributed by atoms with E-state index in [9.17, 15) is 12.8 Å². The third-order valence-electron chi connectivity index (χ3n) is 2.31. The first-order valence-corrected chi connectivity index (χ1v) is 7.11. The summed E-state index contributed by atoms with van der Waals surface area (Å²) >= 11 is 11.7. The predicted molar refractivity (Wildman–Crippen MR) is 68.3 cm³/mol. The van der Waals surface area contributed by atoms with Gasteiger partial charge in [-0.25, -0.2) is 12.8 Å². The molecule has 6 heteroatoms. The van der Waals surface area contributed by atoms with Gasteiger partial charge >= 0.3 is 0 Å².